The minimum absolute atomic E-state index is 0.188. The van der Waals surface area contributed by atoms with E-state index in [-0.39, 0.29) is 5.60 Å². The van der Waals surface area contributed by atoms with Crippen molar-refractivity contribution >= 4 is 0 Å². The molecule has 0 bridgehead atoms. The Morgan fingerprint density at radius 3 is 2.35 bits per heavy atom. The van der Waals surface area contributed by atoms with Gasteiger partial charge in [-0.15, -0.1) is 0 Å². The Bertz CT molecular complexity index is 317. The fourth-order valence-corrected chi connectivity index (χ4v) is 1.51. The van der Waals surface area contributed by atoms with Gasteiger partial charge in [0.1, 0.15) is 5.75 Å². The van der Waals surface area contributed by atoms with Gasteiger partial charge in [0.15, 0.2) is 0 Å². The highest BCUT2D eigenvalue weighted by Crippen LogP contribution is 2.15. The van der Waals surface area contributed by atoms with Gasteiger partial charge in [-0.05, 0) is 37.5 Å². The van der Waals surface area contributed by atoms with E-state index in [4.69, 9.17) is 15.2 Å². The summed E-state index contributed by atoms with van der Waals surface area (Å²) in [5.74, 6) is 0.884. The maximum absolute atomic E-state index is 5.83. The number of benzene rings is 1. The second-order valence-corrected chi connectivity index (χ2v) is 4.45. The summed E-state index contributed by atoms with van der Waals surface area (Å²) in [6.45, 7) is 5.42. The monoisotopic (exact) mass is 237 g/mol. The minimum Gasteiger partial charge on any atom is -0.497 e. The molecule has 0 radical (unpaired) electrons. The number of hydrogen-bond donors (Lipinski definition) is 1. The highest BCUT2D eigenvalue weighted by Gasteiger charge is 2.19. The topological polar surface area (TPSA) is 44.5 Å². The minimum atomic E-state index is -0.188. The van der Waals surface area contributed by atoms with Gasteiger partial charge >= 0.3 is 0 Å². The molecule has 0 aliphatic rings. The van der Waals surface area contributed by atoms with Crippen molar-refractivity contribution in [3.63, 3.8) is 0 Å². The summed E-state index contributed by atoms with van der Waals surface area (Å²) < 4.78 is 10.9. The van der Waals surface area contributed by atoms with Crippen LogP contribution in [0.5, 0.6) is 5.75 Å². The zero-order valence-corrected chi connectivity index (χ0v) is 11.0. The van der Waals surface area contributed by atoms with Crippen LogP contribution < -0.4 is 10.5 Å². The Labute approximate surface area is 104 Å². The molecule has 1 rings (SSSR count). The van der Waals surface area contributed by atoms with Crippen LogP contribution in [0.25, 0.3) is 0 Å². The molecule has 1 aromatic rings. The summed E-state index contributed by atoms with van der Waals surface area (Å²) >= 11 is 0. The van der Waals surface area contributed by atoms with Crippen molar-refractivity contribution in [2.75, 3.05) is 20.3 Å². The Morgan fingerprint density at radius 1 is 1.24 bits per heavy atom. The lowest BCUT2D eigenvalue weighted by molar-refractivity contribution is -0.0257. The van der Waals surface area contributed by atoms with Crippen LogP contribution in [0.15, 0.2) is 24.3 Å². The van der Waals surface area contributed by atoms with Crippen molar-refractivity contribution in [3.05, 3.63) is 29.8 Å². The molecule has 2 N–H and O–H groups in total. The lowest BCUT2D eigenvalue weighted by Gasteiger charge is -2.26. The average Bonchev–Trinajstić information content (AvgIpc) is 2.39. The molecule has 3 heteroatoms. The van der Waals surface area contributed by atoms with Crippen molar-refractivity contribution in [1.29, 1.82) is 0 Å². The molecule has 1 unspecified atom stereocenters. The summed E-state index contributed by atoms with van der Waals surface area (Å²) in [5, 5.41) is 0. The van der Waals surface area contributed by atoms with Crippen LogP contribution in [-0.4, -0.2) is 25.9 Å². The molecule has 1 atom stereocenters. The zero-order valence-electron chi connectivity index (χ0n) is 11.0. The molecule has 3 nitrogen and oxygen atoms in total. The second-order valence-electron chi connectivity index (χ2n) is 4.45. The predicted octanol–water partition coefficient (Wildman–Crippen LogP) is 2.38. The summed E-state index contributed by atoms with van der Waals surface area (Å²) in [7, 11) is 1.67. The van der Waals surface area contributed by atoms with E-state index in [0.29, 0.717) is 13.2 Å². The summed E-state index contributed by atoms with van der Waals surface area (Å²) in [5.41, 5.74) is 6.76. The maximum atomic E-state index is 5.83. The molecule has 0 saturated heterocycles. The smallest absolute Gasteiger partial charge is 0.118 e. The van der Waals surface area contributed by atoms with Crippen LogP contribution in [0, 0.1) is 0 Å². The van der Waals surface area contributed by atoms with E-state index >= 15 is 0 Å². The van der Waals surface area contributed by atoms with Gasteiger partial charge in [-0.25, -0.2) is 0 Å². The Hall–Kier alpha value is -1.06. The van der Waals surface area contributed by atoms with Crippen LogP contribution >= 0.6 is 0 Å². The first-order valence-electron chi connectivity index (χ1n) is 6.10. The van der Waals surface area contributed by atoms with E-state index < -0.39 is 0 Å². The molecule has 0 fully saturated rings. The van der Waals surface area contributed by atoms with Crippen molar-refractivity contribution in [2.24, 2.45) is 5.73 Å². The molecule has 0 spiro atoms. The van der Waals surface area contributed by atoms with Crippen LogP contribution in [0.1, 0.15) is 25.8 Å². The normalized spacial score (nSPS) is 14.4. The van der Waals surface area contributed by atoms with E-state index in [1.54, 1.807) is 7.11 Å². The van der Waals surface area contributed by atoms with Gasteiger partial charge < -0.3 is 15.2 Å². The first-order valence-corrected chi connectivity index (χ1v) is 6.10. The van der Waals surface area contributed by atoms with Gasteiger partial charge in [0.05, 0.1) is 19.3 Å². The van der Waals surface area contributed by atoms with Crippen molar-refractivity contribution in [2.45, 2.75) is 32.3 Å². The third kappa shape index (κ3) is 4.36. The molecule has 0 amide bonds. The fourth-order valence-electron chi connectivity index (χ4n) is 1.51. The molecule has 96 valence electrons. The van der Waals surface area contributed by atoms with Gasteiger partial charge in [-0.1, -0.05) is 19.1 Å². The van der Waals surface area contributed by atoms with Crippen LogP contribution in [-0.2, 0) is 11.2 Å². The van der Waals surface area contributed by atoms with E-state index in [9.17, 15) is 0 Å². The fraction of sp³-hybridized carbons (Fsp3) is 0.571. The number of ether oxygens (including phenoxy) is 2. The van der Waals surface area contributed by atoms with Crippen molar-refractivity contribution in [3.8, 4) is 5.75 Å². The standard InChI is InChI=1S/C14H23NO2/c1-4-14(2,11-15)17-10-9-12-5-7-13(16-3)8-6-12/h5-8H,4,9-11,15H2,1-3H3. The largest absolute Gasteiger partial charge is 0.497 e. The molecule has 0 heterocycles. The molecule has 0 saturated carbocycles. The SMILES string of the molecule is CCC(C)(CN)OCCc1ccc(OC)cc1. The lowest BCUT2D eigenvalue weighted by Crippen LogP contribution is -2.37. The van der Waals surface area contributed by atoms with Crippen LogP contribution in [0.2, 0.25) is 0 Å². The summed E-state index contributed by atoms with van der Waals surface area (Å²) in [4.78, 5) is 0. The molecule has 0 aliphatic heterocycles. The van der Waals surface area contributed by atoms with Gasteiger partial charge in [0, 0.05) is 6.54 Å². The van der Waals surface area contributed by atoms with E-state index in [0.717, 1.165) is 18.6 Å². The van der Waals surface area contributed by atoms with Crippen LogP contribution in [0.4, 0.5) is 0 Å². The molecule has 17 heavy (non-hydrogen) atoms. The number of rotatable bonds is 7. The molecular formula is C14H23NO2. The maximum Gasteiger partial charge on any atom is 0.118 e. The number of methoxy groups -OCH3 is 1. The van der Waals surface area contributed by atoms with Gasteiger partial charge in [0.25, 0.3) is 0 Å². The Kier molecular flexibility index (Phi) is 5.45. The molecular weight excluding hydrogens is 214 g/mol. The number of hydrogen-bond acceptors (Lipinski definition) is 3. The Balaban J connectivity index is 2.40. The first-order chi connectivity index (χ1) is 8.13. The third-order valence-corrected chi connectivity index (χ3v) is 3.18. The average molecular weight is 237 g/mol. The quantitative estimate of drug-likeness (QED) is 0.792. The van der Waals surface area contributed by atoms with Gasteiger partial charge in [-0.3, -0.25) is 0 Å². The molecule has 0 aromatic heterocycles. The van der Waals surface area contributed by atoms with Gasteiger partial charge in [0.2, 0.25) is 0 Å². The highest BCUT2D eigenvalue weighted by atomic mass is 16.5. The molecule has 0 aliphatic carbocycles. The van der Waals surface area contributed by atoms with Gasteiger partial charge in [-0.2, -0.15) is 0 Å². The first kappa shape index (κ1) is 14.0. The Morgan fingerprint density at radius 2 is 1.88 bits per heavy atom. The van der Waals surface area contributed by atoms with E-state index in [2.05, 4.69) is 26.0 Å². The number of nitrogens with two attached hydrogens (primary N) is 1. The zero-order chi connectivity index (χ0) is 12.7. The molecule has 1 aromatic carbocycles. The van der Waals surface area contributed by atoms with E-state index in [1.807, 2.05) is 12.1 Å². The predicted molar refractivity (Wildman–Crippen MR) is 70.4 cm³/mol. The summed E-state index contributed by atoms with van der Waals surface area (Å²) in [6, 6.07) is 8.07. The lowest BCUT2D eigenvalue weighted by atomic mass is 10.0. The second kappa shape index (κ2) is 6.62. The van der Waals surface area contributed by atoms with Crippen LogP contribution in [0.3, 0.4) is 0 Å². The van der Waals surface area contributed by atoms with E-state index in [1.165, 1.54) is 5.56 Å². The van der Waals surface area contributed by atoms with Crippen molar-refractivity contribution < 1.29 is 9.47 Å². The summed E-state index contributed by atoms with van der Waals surface area (Å²) in [6.07, 6.45) is 1.84. The third-order valence-electron chi connectivity index (χ3n) is 3.18. The van der Waals surface area contributed by atoms with Crippen molar-refractivity contribution in [1.82, 2.24) is 0 Å². The highest BCUT2D eigenvalue weighted by molar-refractivity contribution is 5.27.